The van der Waals surface area contributed by atoms with Gasteiger partial charge in [0.1, 0.15) is 11.2 Å². The fraction of sp³-hybridized carbons (Fsp3) is 0.647. The molecule has 0 saturated heterocycles. The number of amides is 2. The first-order chi connectivity index (χ1) is 12.0. The third-order valence-corrected chi connectivity index (χ3v) is 5.65. The predicted molar refractivity (Wildman–Crippen MR) is 97.8 cm³/mol. The zero-order chi connectivity index (χ0) is 18.0. The van der Waals surface area contributed by atoms with E-state index in [1.165, 1.54) is 11.3 Å². The van der Waals surface area contributed by atoms with Crippen LogP contribution in [-0.2, 0) is 16.0 Å². The van der Waals surface area contributed by atoms with Gasteiger partial charge in [0.05, 0.1) is 17.0 Å². The van der Waals surface area contributed by atoms with E-state index in [1.807, 2.05) is 14.1 Å². The summed E-state index contributed by atoms with van der Waals surface area (Å²) < 4.78 is 5.85. The van der Waals surface area contributed by atoms with Crippen molar-refractivity contribution in [1.82, 2.24) is 10.2 Å². The van der Waals surface area contributed by atoms with Gasteiger partial charge in [0.2, 0.25) is 5.91 Å². The van der Waals surface area contributed by atoms with E-state index in [0.717, 1.165) is 42.8 Å². The lowest BCUT2D eigenvalue weighted by molar-refractivity contribution is -0.117. The largest absolute Gasteiger partial charge is 0.365 e. The van der Waals surface area contributed by atoms with Crippen LogP contribution in [0.3, 0.4) is 0 Å². The van der Waals surface area contributed by atoms with Crippen LogP contribution in [0.25, 0.3) is 0 Å². The molecule has 0 spiro atoms. The van der Waals surface area contributed by atoms with Crippen LogP contribution >= 0.6 is 11.3 Å². The normalized spacial score (nSPS) is 19.7. The maximum absolute atomic E-state index is 12.1. The van der Waals surface area contributed by atoms with Crippen molar-refractivity contribution in [2.75, 3.05) is 39.1 Å². The molecule has 2 amide bonds. The van der Waals surface area contributed by atoms with Gasteiger partial charge < -0.3 is 20.7 Å². The second-order valence-corrected chi connectivity index (χ2v) is 7.94. The molecule has 2 heterocycles. The number of hydrogen-bond acceptors (Lipinski definition) is 6. The third kappa shape index (κ3) is 4.38. The summed E-state index contributed by atoms with van der Waals surface area (Å²) in [6.45, 7) is 2.34. The number of nitrogens with one attached hydrogen (secondary N) is 2. The van der Waals surface area contributed by atoms with Crippen LogP contribution < -0.4 is 16.4 Å². The molecule has 1 saturated carbocycles. The Morgan fingerprint density at radius 3 is 2.76 bits per heavy atom. The number of fused-ring (bicyclic) bond motifs is 1. The quantitative estimate of drug-likeness (QED) is 0.603. The van der Waals surface area contributed by atoms with Crippen LogP contribution in [-0.4, -0.2) is 50.5 Å². The Labute approximate surface area is 151 Å². The van der Waals surface area contributed by atoms with Crippen molar-refractivity contribution in [1.29, 1.82) is 0 Å². The number of ether oxygens (including phenoxy) is 1. The van der Waals surface area contributed by atoms with Crippen molar-refractivity contribution in [2.45, 2.75) is 31.9 Å². The molecule has 1 unspecified atom stereocenters. The smallest absolute Gasteiger partial charge is 0.251 e. The summed E-state index contributed by atoms with van der Waals surface area (Å²) in [5.74, 6) is -0.426. The molecule has 3 rings (SSSR count). The number of nitrogens with zero attached hydrogens (tertiary/aromatic N) is 1. The van der Waals surface area contributed by atoms with E-state index in [1.54, 1.807) is 0 Å². The molecule has 4 N–H and O–H groups in total. The van der Waals surface area contributed by atoms with Crippen molar-refractivity contribution in [2.24, 2.45) is 11.7 Å². The zero-order valence-corrected chi connectivity index (χ0v) is 15.6. The Kier molecular flexibility index (Phi) is 5.73. The summed E-state index contributed by atoms with van der Waals surface area (Å²) in [6, 6.07) is 0. The minimum atomic E-state index is -0.489. The molecule has 7 nitrogen and oxygen atoms in total. The first-order valence-corrected chi connectivity index (χ1v) is 9.55. The molecule has 1 aromatic heterocycles. The Hall–Kier alpha value is -1.48. The predicted octanol–water partition coefficient (Wildman–Crippen LogP) is 1.31. The standard InChI is InChI=1S/C17H26N4O3S/c1-21(2)8-3-7-19-16-13-11(6-9-24-16)12(14(18)22)17(25-13)20-15(23)10-4-5-10/h10,16,19H,3-9H2,1-2H3,(H2,18,22)(H,20,23). The molecule has 138 valence electrons. The van der Waals surface area contributed by atoms with Gasteiger partial charge in [0, 0.05) is 5.92 Å². The summed E-state index contributed by atoms with van der Waals surface area (Å²) in [5, 5.41) is 6.87. The highest BCUT2D eigenvalue weighted by molar-refractivity contribution is 7.17. The number of nitrogens with two attached hydrogens (primary N) is 1. The topological polar surface area (TPSA) is 96.7 Å². The number of rotatable bonds is 8. The second-order valence-electron chi connectivity index (χ2n) is 6.89. The maximum atomic E-state index is 12.1. The minimum absolute atomic E-state index is 0.0162. The Morgan fingerprint density at radius 2 is 2.12 bits per heavy atom. The number of primary amides is 1. The van der Waals surface area contributed by atoms with Crippen LogP contribution in [0.15, 0.2) is 0 Å². The average molecular weight is 366 g/mol. The van der Waals surface area contributed by atoms with Gasteiger partial charge in [0.15, 0.2) is 0 Å². The van der Waals surface area contributed by atoms with Crippen molar-refractivity contribution >= 4 is 28.2 Å². The fourth-order valence-corrected chi connectivity index (χ4v) is 4.27. The zero-order valence-electron chi connectivity index (χ0n) is 14.8. The van der Waals surface area contributed by atoms with Crippen LogP contribution in [0.5, 0.6) is 0 Å². The lowest BCUT2D eigenvalue weighted by atomic mass is 10.0. The molecule has 1 aliphatic carbocycles. The molecular weight excluding hydrogens is 340 g/mol. The van der Waals surface area contributed by atoms with E-state index in [2.05, 4.69) is 15.5 Å². The Bertz CT molecular complexity index is 655. The molecule has 8 heteroatoms. The number of thiophene rings is 1. The summed E-state index contributed by atoms with van der Waals surface area (Å²) >= 11 is 1.41. The second kappa shape index (κ2) is 7.82. The van der Waals surface area contributed by atoms with Gasteiger partial charge in [0.25, 0.3) is 5.91 Å². The summed E-state index contributed by atoms with van der Waals surface area (Å²) in [5.41, 5.74) is 6.97. The molecule has 1 atom stereocenters. The third-order valence-electron chi connectivity index (χ3n) is 4.46. The lowest BCUT2D eigenvalue weighted by Gasteiger charge is -2.24. The van der Waals surface area contributed by atoms with E-state index in [4.69, 9.17) is 10.5 Å². The molecule has 1 aliphatic heterocycles. The first kappa shape index (κ1) is 18.3. The van der Waals surface area contributed by atoms with Crippen LogP contribution in [0, 0.1) is 5.92 Å². The molecule has 1 aromatic rings. The van der Waals surface area contributed by atoms with Gasteiger partial charge in [-0.3, -0.25) is 14.9 Å². The molecule has 0 bridgehead atoms. The highest BCUT2D eigenvalue weighted by atomic mass is 32.1. The van der Waals surface area contributed by atoms with Gasteiger partial charge in [-0.2, -0.15) is 0 Å². The number of hydrogen-bond donors (Lipinski definition) is 3. The van der Waals surface area contributed by atoms with Crippen LogP contribution in [0.1, 0.15) is 46.3 Å². The molecule has 0 radical (unpaired) electrons. The van der Waals surface area contributed by atoms with E-state index in [-0.39, 0.29) is 18.1 Å². The van der Waals surface area contributed by atoms with Gasteiger partial charge in [-0.05, 0) is 58.4 Å². The molecule has 25 heavy (non-hydrogen) atoms. The van der Waals surface area contributed by atoms with E-state index < -0.39 is 5.91 Å². The SMILES string of the molecule is CN(C)CCCNC1OCCc2c1sc(NC(=O)C1CC1)c2C(N)=O. The maximum Gasteiger partial charge on any atom is 0.251 e. The van der Waals surface area contributed by atoms with Gasteiger partial charge >= 0.3 is 0 Å². The summed E-state index contributed by atoms with van der Waals surface area (Å²) in [7, 11) is 4.09. The Morgan fingerprint density at radius 1 is 1.36 bits per heavy atom. The van der Waals surface area contributed by atoms with E-state index >= 15 is 0 Å². The first-order valence-electron chi connectivity index (χ1n) is 8.73. The van der Waals surface area contributed by atoms with Crippen molar-refractivity contribution in [3.05, 3.63) is 16.0 Å². The van der Waals surface area contributed by atoms with Crippen molar-refractivity contribution < 1.29 is 14.3 Å². The van der Waals surface area contributed by atoms with Crippen molar-refractivity contribution in [3.63, 3.8) is 0 Å². The molecule has 0 aromatic carbocycles. The van der Waals surface area contributed by atoms with Gasteiger partial charge in [-0.1, -0.05) is 0 Å². The summed E-state index contributed by atoms with van der Waals surface area (Å²) in [6.07, 6.45) is 3.23. The fourth-order valence-electron chi connectivity index (χ4n) is 2.99. The highest BCUT2D eigenvalue weighted by Crippen LogP contribution is 2.41. The number of carbonyl (C=O) groups excluding carboxylic acids is 2. The van der Waals surface area contributed by atoms with Crippen LogP contribution in [0.2, 0.25) is 0 Å². The van der Waals surface area contributed by atoms with Gasteiger partial charge in [-0.25, -0.2) is 0 Å². The van der Waals surface area contributed by atoms with Crippen LogP contribution in [0.4, 0.5) is 5.00 Å². The molecular formula is C17H26N4O3S. The van der Waals surface area contributed by atoms with Gasteiger partial charge in [-0.15, -0.1) is 11.3 Å². The van der Waals surface area contributed by atoms with E-state index in [0.29, 0.717) is 23.6 Å². The Balaban J connectivity index is 1.75. The van der Waals surface area contributed by atoms with Crippen molar-refractivity contribution in [3.8, 4) is 0 Å². The highest BCUT2D eigenvalue weighted by Gasteiger charge is 2.34. The average Bonchev–Trinajstić information content (AvgIpc) is 3.33. The number of anilines is 1. The van der Waals surface area contributed by atoms with E-state index in [9.17, 15) is 9.59 Å². The number of carbonyl (C=O) groups is 2. The summed E-state index contributed by atoms with van der Waals surface area (Å²) in [4.78, 5) is 27.2. The molecule has 2 aliphatic rings. The lowest BCUT2D eigenvalue weighted by Crippen LogP contribution is -2.30. The molecule has 1 fully saturated rings. The minimum Gasteiger partial charge on any atom is -0.365 e. The monoisotopic (exact) mass is 366 g/mol.